The molecule has 0 aromatic carbocycles. The summed E-state index contributed by atoms with van der Waals surface area (Å²) in [6.45, 7) is 0.864. The molecule has 1 aliphatic rings. The molecule has 0 spiro atoms. The summed E-state index contributed by atoms with van der Waals surface area (Å²) in [6, 6.07) is 1.30. The third-order valence-electron chi connectivity index (χ3n) is 2.30. The van der Waals surface area contributed by atoms with Crippen LogP contribution in [0.15, 0.2) is 6.07 Å². The highest BCUT2D eigenvalue weighted by Gasteiger charge is 2.22. The lowest BCUT2D eigenvalue weighted by Crippen LogP contribution is -2.35. The van der Waals surface area contributed by atoms with Crippen molar-refractivity contribution < 1.29 is 4.79 Å². The van der Waals surface area contributed by atoms with Crippen molar-refractivity contribution in [3.05, 3.63) is 16.5 Å². The molecule has 16 heavy (non-hydrogen) atoms. The molecule has 0 saturated carbocycles. The first-order valence-electron chi connectivity index (χ1n) is 4.89. The summed E-state index contributed by atoms with van der Waals surface area (Å²) in [5.41, 5.74) is 0. The van der Waals surface area contributed by atoms with Crippen molar-refractivity contribution in [3.63, 3.8) is 0 Å². The number of halogens is 2. The van der Waals surface area contributed by atoms with Crippen molar-refractivity contribution in [2.75, 3.05) is 11.9 Å². The zero-order chi connectivity index (χ0) is 11.5. The van der Waals surface area contributed by atoms with Crippen LogP contribution in [-0.2, 0) is 4.79 Å². The van der Waals surface area contributed by atoms with E-state index in [1.807, 2.05) is 0 Å². The van der Waals surface area contributed by atoms with Crippen LogP contribution in [-0.4, -0.2) is 28.5 Å². The average molecular weight is 261 g/mol. The standard InChI is InChI=1S/C9H10Cl2N4O/c10-6-4-7(15-9(11)13-6)14-8(16)5-2-1-3-12-5/h4-5,12H,1-3H2,(H,13,14,15,16). The van der Waals surface area contributed by atoms with E-state index in [2.05, 4.69) is 20.6 Å². The van der Waals surface area contributed by atoms with Gasteiger partial charge in [0.15, 0.2) is 0 Å². The zero-order valence-electron chi connectivity index (χ0n) is 8.33. The molecular formula is C9H10Cl2N4O. The molecule has 1 atom stereocenters. The maximum atomic E-state index is 11.7. The predicted molar refractivity (Wildman–Crippen MR) is 61.7 cm³/mol. The molecule has 1 aromatic rings. The van der Waals surface area contributed by atoms with Gasteiger partial charge < -0.3 is 10.6 Å². The van der Waals surface area contributed by atoms with E-state index < -0.39 is 0 Å². The Balaban J connectivity index is 2.05. The van der Waals surface area contributed by atoms with Gasteiger partial charge >= 0.3 is 0 Å². The summed E-state index contributed by atoms with van der Waals surface area (Å²) in [7, 11) is 0. The molecule has 7 heteroatoms. The van der Waals surface area contributed by atoms with Gasteiger partial charge in [0, 0.05) is 6.07 Å². The minimum atomic E-state index is -0.160. The summed E-state index contributed by atoms with van der Waals surface area (Å²) in [5, 5.41) is 5.95. The molecule has 0 radical (unpaired) electrons. The fourth-order valence-corrected chi connectivity index (χ4v) is 1.98. The van der Waals surface area contributed by atoms with Crippen LogP contribution < -0.4 is 10.6 Å². The Morgan fingerprint density at radius 1 is 1.50 bits per heavy atom. The lowest BCUT2D eigenvalue weighted by molar-refractivity contribution is -0.117. The summed E-state index contributed by atoms with van der Waals surface area (Å²) < 4.78 is 0. The number of rotatable bonds is 2. The topological polar surface area (TPSA) is 66.9 Å². The Hall–Kier alpha value is -0.910. The average Bonchev–Trinajstić information content (AvgIpc) is 2.68. The van der Waals surface area contributed by atoms with Crippen molar-refractivity contribution in [2.24, 2.45) is 0 Å². The van der Waals surface area contributed by atoms with Crippen LogP contribution in [0, 0.1) is 0 Å². The fraction of sp³-hybridized carbons (Fsp3) is 0.444. The quantitative estimate of drug-likeness (QED) is 0.625. The van der Waals surface area contributed by atoms with Gasteiger partial charge in [0.1, 0.15) is 11.0 Å². The van der Waals surface area contributed by atoms with Gasteiger partial charge in [-0.25, -0.2) is 9.97 Å². The SMILES string of the molecule is O=C(Nc1cc(Cl)nc(Cl)n1)C1CCCN1. The molecule has 1 fully saturated rings. The maximum Gasteiger partial charge on any atom is 0.242 e. The van der Waals surface area contributed by atoms with E-state index in [-0.39, 0.29) is 22.4 Å². The van der Waals surface area contributed by atoms with Crippen LogP contribution in [0.25, 0.3) is 0 Å². The molecule has 2 N–H and O–H groups in total. The van der Waals surface area contributed by atoms with E-state index in [1.54, 1.807) is 0 Å². The summed E-state index contributed by atoms with van der Waals surface area (Å²) in [4.78, 5) is 19.3. The summed E-state index contributed by atoms with van der Waals surface area (Å²) >= 11 is 11.3. The normalized spacial score (nSPS) is 19.8. The fourth-order valence-electron chi connectivity index (χ4n) is 1.58. The zero-order valence-corrected chi connectivity index (χ0v) is 9.85. The number of anilines is 1. The number of aromatic nitrogens is 2. The lowest BCUT2D eigenvalue weighted by atomic mass is 10.2. The second-order valence-electron chi connectivity index (χ2n) is 3.48. The molecule has 1 aromatic heterocycles. The van der Waals surface area contributed by atoms with E-state index in [9.17, 15) is 4.79 Å². The van der Waals surface area contributed by atoms with E-state index in [0.717, 1.165) is 19.4 Å². The molecule has 5 nitrogen and oxygen atoms in total. The van der Waals surface area contributed by atoms with Gasteiger partial charge in [-0.15, -0.1) is 0 Å². The molecule has 86 valence electrons. The molecule has 1 unspecified atom stereocenters. The third kappa shape index (κ3) is 2.81. The minimum Gasteiger partial charge on any atom is -0.309 e. The first kappa shape index (κ1) is 11.6. The second kappa shape index (κ2) is 4.95. The van der Waals surface area contributed by atoms with E-state index in [1.165, 1.54) is 6.07 Å². The molecule has 1 amide bonds. The number of amides is 1. The van der Waals surface area contributed by atoms with Crippen molar-refractivity contribution in [2.45, 2.75) is 18.9 Å². The van der Waals surface area contributed by atoms with Gasteiger partial charge in [-0.2, -0.15) is 0 Å². The van der Waals surface area contributed by atoms with Crippen LogP contribution >= 0.6 is 23.2 Å². The molecule has 0 bridgehead atoms. The van der Waals surface area contributed by atoms with Gasteiger partial charge in [-0.05, 0) is 31.0 Å². The van der Waals surface area contributed by atoms with Crippen molar-refractivity contribution in [1.29, 1.82) is 0 Å². The van der Waals surface area contributed by atoms with Gasteiger partial charge in [-0.3, -0.25) is 4.79 Å². The highest BCUT2D eigenvalue weighted by Crippen LogP contribution is 2.15. The highest BCUT2D eigenvalue weighted by molar-refractivity contribution is 6.32. The third-order valence-corrected chi connectivity index (χ3v) is 2.66. The molecule has 1 aliphatic heterocycles. The second-order valence-corrected chi connectivity index (χ2v) is 4.21. The number of carbonyl (C=O) groups is 1. The van der Waals surface area contributed by atoms with Crippen molar-refractivity contribution >= 4 is 34.9 Å². The highest BCUT2D eigenvalue weighted by atomic mass is 35.5. The monoisotopic (exact) mass is 260 g/mol. The van der Waals surface area contributed by atoms with Crippen LogP contribution in [0.1, 0.15) is 12.8 Å². The minimum absolute atomic E-state index is 0.0159. The molecule has 2 heterocycles. The summed E-state index contributed by atoms with van der Waals surface area (Å²) in [5.74, 6) is 0.201. The number of carbonyl (C=O) groups excluding carboxylic acids is 1. The van der Waals surface area contributed by atoms with Crippen LogP contribution in [0.5, 0.6) is 0 Å². The maximum absolute atomic E-state index is 11.7. The Morgan fingerprint density at radius 3 is 2.94 bits per heavy atom. The van der Waals surface area contributed by atoms with Crippen LogP contribution in [0.3, 0.4) is 0 Å². The number of nitrogens with one attached hydrogen (secondary N) is 2. The Morgan fingerprint density at radius 2 is 2.31 bits per heavy atom. The smallest absolute Gasteiger partial charge is 0.242 e. The first-order valence-corrected chi connectivity index (χ1v) is 5.65. The predicted octanol–water partition coefficient (Wildman–Crippen LogP) is 1.47. The largest absolute Gasteiger partial charge is 0.309 e. The molecular weight excluding hydrogens is 251 g/mol. The number of nitrogens with zero attached hydrogens (tertiary/aromatic N) is 2. The van der Waals surface area contributed by atoms with Crippen LogP contribution in [0.4, 0.5) is 5.82 Å². The van der Waals surface area contributed by atoms with E-state index >= 15 is 0 Å². The molecule has 1 saturated heterocycles. The Labute approximate surface area is 103 Å². The van der Waals surface area contributed by atoms with Crippen LogP contribution in [0.2, 0.25) is 10.4 Å². The van der Waals surface area contributed by atoms with Gasteiger partial charge in [0.05, 0.1) is 6.04 Å². The molecule has 0 aliphatic carbocycles. The summed E-state index contributed by atoms with van der Waals surface area (Å²) in [6.07, 6.45) is 1.84. The Kier molecular flexibility index (Phi) is 3.58. The van der Waals surface area contributed by atoms with E-state index in [4.69, 9.17) is 23.2 Å². The van der Waals surface area contributed by atoms with Crippen molar-refractivity contribution in [1.82, 2.24) is 15.3 Å². The number of hydrogen-bond acceptors (Lipinski definition) is 4. The first-order chi connectivity index (χ1) is 7.65. The number of hydrogen-bond donors (Lipinski definition) is 2. The van der Waals surface area contributed by atoms with Gasteiger partial charge in [0.2, 0.25) is 11.2 Å². The van der Waals surface area contributed by atoms with Gasteiger partial charge in [0.25, 0.3) is 0 Å². The molecule has 2 rings (SSSR count). The Bertz CT molecular complexity index is 386. The lowest BCUT2D eigenvalue weighted by Gasteiger charge is -2.10. The van der Waals surface area contributed by atoms with E-state index in [0.29, 0.717) is 5.82 Å². The van der Waals surface area contributed by atoms with Gasteiger partial charge in [-0.1, -0.05) is 11.6 Å². The van der Waals surface area contributed by atoms with Crippen molar-refractivity contribution in [3.8, 4) is 0 Å².